The summed E-state index contributed by atoms with van der Waals surface area (Å²) >= 11 is 6.05. The lowest BCUT2D eigenvalue weighted by molar-refractivity contribution is 0.100. The van der Waals surface area contributed by atoms with Gasteiger partial charge < -0.3 is 9.53 Å². The maximum absolute atomic E-state index is 10.1. The van der Waals surface area contributed by atoms with Crippen molar-refractivity contribution < 1.29 is 9.53 Å². The lowest BCUT2D eigenvalue weighted by Gasteiger charge is -2.36. The average molecular weight is 287 g/mol. The summed E-state index contributed by atoms with van der Waals surface area (Å²) in [5.41, 5.74) is 0.734. The van der Waals surface area contributed by atoms with Gasteiger partial charge in [-0.2, -0.15) is 0 Å². The number of hydrogen-bond donors (Lipinski definition) is 1. The highest BCUT2D eigenvalue weighted by molar-refractivity contribution is 6.74. The normalized spacial score (nSPS) is 14.6. The molecule has 0 aliphatic heterocycles. The Balaban J connectivity index is 2.68. The highest BCUT2D eigenvalue weighted by Crippen LogP contribution is 2.37. The number of hydrogen-bond acceptors (Lipinski definition) is 2. The molecule has 1 aromatic carbocycles. The van der Waals surface area contributed by atoms with Crippen molar-refractivity contribution in [3.05, 3.63) is 34.9 Å². The van der Waals surface area contributed by atoms with E-state index in [1.54, 1.807) is 6.07 Å². The third-order valence-electron chi connectivity index (χ3n) is 3.67. The summed E-state index contributed by atoms with van der Waals surface area (Å²) in [6.45, 7) is 11.2. The monoisotopic (exact) mass is 286 g/mol. The van der Waals surface area contributed by atoms with Gasteiger partial charge in [-0.05, 0) is 24.2 Å². The van der Waals surface area contributed by atoms with Crippen LogP contribution in [0.3, 0.4) is 0 Å². The fraction of sp³-hybridized carbons (Fsp3) is 0.571. The van der Waals surface area contributed by atoms with Gasteiger partial charge in [0.15, 0.2) is 8.32 Å². The molecule has 18 heavy (non-hydrogen) atoms. The van der Waals surface area contributed by atoms with E-state index >= 15 is 0 Å². The van der Waals surface area contributed by atoms with E-state index in [0.29, 0.717) is 11.6 Å². The quantitative estimate of drug-likeness (QED) is 0.832. The molecule has 0 bridgehead atoms. The zero-order valence-corrected chi connectivity index (χ0v) is 13.6. The highest BCUT2D eigenvalue weighted by atomic mass is 35.5. The summed E-state index contributed by atoms with van der Waals surface area (Å²) in [6, 6.07) is 7.35. The third-order valence-corrected chi connectivity index (χ3v) is 8.52. The van der Waals surface area contributed by atoms with Gasteiger partial charge in [-0.25, -0.2) is 0 Å². The summed E-state index contributed by atoms with van der Waals surface area (Å²) in [7, 11) is -1.82. The smallest absolute Gasteiger partial charge is 0.192 e. The van der Waals surface area contributed by atoms with Crippen LogP contribution in [0.1, 0.15) is 32.4 Å². The van der Waals surface area contributed by atoms with E-state index < -0.39 is 14.4 Å². The van der Waals surface area contributed by atoms with Crippen LogP contribution in [0.25, 0.3) is 0 Å². The fourth-order valence-electron chi connectivity index (χ4n) is 1.34. The van der Waals surface area contributed by atoms with Crippen LogP contribution in [-0.4, -0.2) is 20.0 Å². The molecule has 1 atom stereocenters. The fourth-order valence-corrected chi connectivity index (χ4v) is 2.61. The molecule has 0 heterocycles. The molecule has 4 heteroatoms. The van der Waals surface area contributed by atoms with Gasteiger partial charge in [0, 0.05) is 10.6 Å². The lowest BCUT2D eigenvalue weighted by Crippen LogP contribution is -2.41. The molecule has 0 unspecified atom stereocenters. The number of halogens is 1. The standard InChI is InChI=1S/C14H23ClO2Si/c1-14(2,3)18(4,5)17-10-13(16)11-8-6-7-9-12(11)15/h6-9,13,16H,10H2,1-5H3/t13-/m1/s1. The Kier molecular flexibility index (Phi) is 5.01. The van der Waals surface area contributed by atoms with Crippen molar-refractivity contribution >= 4 is 19.9 Å². The zero-order chi connectivity index (χ0) is 14.0. The van der Waals surface area contributed by atoms with Crippen LogP contribution in [0.5, 0.6) is 0 Å². The Bertz CT molecular complexity index is 399. The molecular formula is C14H23ClO2Si. The van der Waals surface area contributed by atoms with Crippen molar-refractivity contribution in [2.24, 2.45) is 0 Å². The summed E-state index contributed by atoms with van der Waals surface area (Å²) in [5, 5.41) is 10.9. The van der Waals surface area contributed by atoms with Gasteiger partial charge in [0.05, 0.1) is 6.61 Å². The molecule has 0 aliphatic carbocycles. The van der Waals surface area contributed by atoms with Gasteiger partial charge in [-0.3, -0.25) is 0 Å². The first-order valence-corrected chi connectivity index (χ1v) is 9.50. The van der Waals surface area contributed by atoms with E-state index in [2.05, 4.69) is 33.9 Å². The molecule has 0 fully saturated rings. The van der Waals surface area contributed by atoms with Crippen molar-refractivity contribution in [2.75, 3.05) is 6.61 Å². The molecule has 1 rings (SSSR count). The minimum absolute atomic E-state index is 0.146. The van der Waals surface area contributed by atoms with Gasteiger partial charge in [0.1, 0.15) is 6.10 Å². The van der Waals surface area contributed by atoms with E-state index in [-0.39, 0.29) is 5.04 Å². The summed E-state index contributed by atoms with van der Waals surface area (Å²) in [4.78, 5) is 0. The molecule has 0 saturated heterocycles. The van der Waals surface area contributed by atoms with Gasteiger partial charge in [-0.15, -0.1) is 0 Å². The maximum atomic E-state index is 10.1. The Morgan fingerprint density at radius 1 is 1.28 bits per heavy atom. The van der Waals surface area contributed by atoms with Crippen molar-refractivity contribution in [1.82, 2.24) is 0 Å². The molecule has 0 spiro atoms. The van der Waals surface area contributed by atoms with Crippen molar-refractivity contribution in [1.29, 1.82) is 0 Å². The predicted molar refractivity (Wildman–Crippen MR) is 79.6 cm³/mol. The van der Waals surface area contributed by atoms with E-state index in [1.165, 1.54) is 0 Å². The van der Waals surface area contributed by atoms with Crippen LogP contribution < -0.4 is 0 Å². The second kappa shape index (κ2) is 5.74. The van der Waals surface area contributed by atoms with E-state index in [1.807, 2.05) is 18.2 Å². The molecule has 0 aromatic heterocycles. The zero-order valence-electron chi connectivity index (χ0n) is 11.8. The first-order valence-electron chi connectivity index (χ1n) is 6.21. The van der Waals surface area contributed by atoms with Crippen molar-refractivity contribution in [3.8, 4) is 0 Å². The van der Waals surface area contributed by atoms with Crippen LogP contribution in [0.15, 0.2) is 24.3 Å². The Hall–Kier alpha value is -0.353. The van der Waals surface area contributed by atoms with Gasteiger partial charge in [0.2, 0.25) is 0 Å². The van der Waals surface area contributed by atoms with Crippen LogP contribution >= 0.6 is 11.6 Å². The molecule has 1 N–H and O–H groups in total. The molecule has 1 aromatic rings. The number of rotatable bonds is 4. The third kappa shape index (κ3) is 3.82. The molecule has 0 saturated carbocycles. The summed E-state index contributed by atoms with van der Waals surface area (Å²) in [5.74, 6) is 0. The molecule has 0 aliphatic rings. The Morgan fingerprint density at radius 2 is 1.83 bits per heavy atom. The lowest BCUT2D eigenvalue weighted by atomic mass is 10.1. The first-order chi connectivity index (χ1) is 8.15. The van der Waals surface area contributed by atoms with E-state index in [4.69, 9.17) is 16.0 Å². The number of aliphatic hydroxyl groups is 1. The predicted octanol–water partition coefficient (Wildman–Crippen LogP) is 4.40. The first kappa shape index (κ1) is 15.7. The minimum Gasteiger partial charge on any atom is -0.414 e. The van der Waals surface area contributed by atoms with Crippen molar-refractivity contribution in [3.63, 3.8) is 0 Å². The largest absolute Gasteiger partial charge is 0.414 e. The topological polar surface area (TPSA) is 29.5 Å². The van der Waals surface area contributed by atoms with Crippen LogP contribution in [-0.2, 0) is 4.43 Å². The van der Waals surface area contributed by atoms with Gasteiger partial charge in [0.25, 0.3) is 0 Å². The maximum Gasteiger partial charge on any atom is 0.192 e. The average Bonchev–Trinajstić information content (AvgIpc) is 2.25. The van der Waals surface area contributed by atoms with Crippen LogP contribution in [0, 0.1) is 0 Å². The second-order valence-corrected chi connectivity index (χ2v) is 11.3. The van der Waals surface area contributed by atoms with Crippen LogP contribution in [0.4, 0.5) is 0 Å². The molecule has 0 radical (unpaired) electrons. The SMILES string of the molecule is CC(C)(C)[Si](C)(C)OC[C@@H](O)c1ccccc1Cl. The molecule has 0 amide bonds. The van der Waals surface area contributed by atoms with Crippen molar-refractivity contribution in [2.45, 2.75) is 45.0 Å². The summed E-state index contributed by atoms with van der Waals surface area (Å²) < 4.78 is 6.00. The Morgan fingerprint density at radius 3 is 2.33 bits per heavy atom. The Labute approximate surface area is 116 Å². The van der Waals surface area contributed by atoms with E-state index in [0.717, 1.165) is 5.56 Å². The summed E-state index contributed by atoms with van der Waals surface area (Å²) in [6.07, 6.45) is -0.659. The van der Waals surface area contributed by atoms with Gasteiger partial charge >= 0.3 is 0 Å². The number of benzene rings is 1. The molecule has 2 nitrogen and oxygen atoms in total. The molecule has 102 valence electrons. The minimum atomic E-state index is -1.82. The number of aliphatic hydroxyl groups excluding tert-OH is 1. The van der Waals surface area contributed by atoms with Gasteiger partial charge in [-0.1, -0.05) is 50.6 Å². The second-order valence-electron chi connectivity index (χ2n) is 6.11. The van der Waals surface area contributed by atoms with Crippen LogP contribution in [0.2, 0.25) is 23.2 Å². The highest BCUT2D eigenvalue weighted by Gasteiger charge is 2.37. The van der Waals surface area contributed by atoms with E-state index in [9.17, 15) is 5.11 Å². The molecular weight excluding hydrogens is 264 g/mol.